The number of benzene rings is 2. The van der Waals surface area contributed by atoms with Crippen LogP contribution < -0.4 is 10.1 Å². The van der Waals surface area contributed by atoms with Crippen molar-refractivity contribution in [2.45, 2.75) is 12.8 Å². The quantitative estimate of drug-likeness (QED) is 0.629. The van der Waals surface area contributed by atoms with Crippen molar-refractivity contribution >= 4 is 22.9 Å². The molecule has 0 unspecified atom stereocenters. The van der Waals surface area contributed by atoms with Gasteiger partial charge in [-0.25, -0.2) is 0 Å². The van der Waals surface area contributed by atoms with Gasteiger partial charge in [-0.15, -0.1) is 11.3 Å². The van der Waals surface area contributed by atoms with Gasteiger partial charge in [-0.05, 0) is 35.7 Å². The van der Waals surface area contributed by atoms with E-state index >= 15 is 0 Å². The van der Waals surface area contributed by atoms with Crippen molar-refractivity contribution in [3.63, 3.8) is 0 Å². The predicted molar refractivity (Wildman–Crippen MR) is 94.5 cm³/mol. The summed E-state index contributed by atoms with van der Waals surface area (Å²) in [5, 5.41) is 4.07. The zero-order valence-electron chi connectivity index (χ0n) is 13.4. The number of rotatable bonds is 5. The van der Waals surface area contributed by atoms with Gasteiger partial charge in [0.15, 0.2) is 0 Å². The summed E-state index contributed by atoms with van der Waals surface area (Å²) < 4.78 is 44.6. The van der Waals surface area contributed by atoms with Crippen molar-refractivity contribution in [3.05, 3.63) is 82.0 Å². The number of alkyl halides is 3. The fourth-order valence-corrected chi connectivity index (χ4v) is 3.07. The minimum Gasteiger partial charge on any atom is -0.489 e. The largest absolute Gasteiger partial charge is 0.489 e. The molecule has 134 valence electrons. The molecule has 0 fully saturated rings. The summed E-state index contributed by atoms with van der Waals surface area (Å²) in [5.74, 6) is 0.112. The molecule has 0 spiro atoms. The number of para-hydroxylation sites is 2. The van der Waals surface area contributed by atoms with Crippen LogP contribution in [-0.2, 0) is 12.8 Å². The van der Waals surface area contributed by atoms with Gasteiger partial charge in [0, 0.05) is 5.56 Å². The summed E-state index contributed by atoms with van der Waals surface area (Å²) in [4.78, 5) is 12.6. The molecule has 0 aliphatic carbocycles. The lowest BCUT2D eigenvalue weighted by Gasteiger charge is -2.12. The van der Waals surface area contributed by atoms with Crippen LogP contribution >= 0.6 is 11.3 Å². The summed E-state index contributed by atoms with van der Waals surface area (Å²) in [6.07, 6.45) is -4.53. The van der Waals surface area contributed by atoms with E-state index in [1.807, 2.05) is 30.3 Å². The third-order valence-corrected chi connectivity index (χ3v) is 4.48. The van der Waals surface area contributed by atoms with Crippen LogP contribution in [0.1, 0.15) is 20.8 Å². The Labute approximate surface area is 152 Å². The maximum Gasteiger partial charge on any atom is 0.418 e. The highest BCUT2D eigenvalue weighted by atomic mass is 32.1. The number of thiophene rings is 1. The first-order valence-electron chi connectivity index (χ1n) is 7.66. The van der Waals surface area contributed by atoms with Gasteiger partial charge >= 0.3 is 6.18 Å². The molecule has 1 amide bonds. The third-order valence-electron chi connectivity index (χ3n) is 3.51. The number of halogens is 3. The van der Waals surface area contributed by atoms with Crippen LogP contribution in [0, 0.1) is 0 Å². The van der Waals surface area contributed by atoms with Crippen molar-refractivity contribution in [2.75, 3.05) is 5.32 Å². The standard InChI is InChI=1S/C19H14F3NO2S/c20-19(21,22)15-8-4-5-9-16(15)23-18(24)17-10-13(12-26-17)11-25-14-6-2-1-3-7-14/h1-10,12H,11H2,(H,23,24). The van der Waals surface area contributed by atoms with Gasteiger partial charge in [0.25, 0.3) is 5.91 Å². The summed E-state index contributed by atoms with van der Waals surface area (Å²) in [6, 6.07) is 15.7. The molecule has 1 N–H and O–H groups in total. The molecule has 0 radical (unpaired) electrons. The first-order valence-corrected chi connectivity index (χ1v) is 8.54. The van der Waals surface area contributed by atoms with Gasteiger partial charge < -0.3 is 10.1 Å². The van der Waals surface area contributed by atoms with E-state index in [4.69, 9.17) is 4.74 Å². The Bertz CT molecular complexity index is 891. The number of hydrogen-bond donors (Lipinski definition) is 1. The molecule has 26 heavy (non-hydrogen) atoms. The second kappa shape index (κ2) is 7.61. The highest BCUT2D eigenvalue weighted by Crippen LogP contribution is 2.34. The molecule has 0 saturated carbocycles. The second-order valence-corrected chi connectivity index (χ2v) is 6.33. The fourth-order valence-electron chi connectivity index (χ4n) is 2.28. The maximum atomic E-state index is 13.0. The van der Waals surface area contributed by atoms with Gasteiger partial charge in [-0.2, -0.15) is 13.2 Å². The van der Waals surface area contributed by atoms with E-state index in [9.17, 15) is 18.0 Å². The Morgan fingerprint density at radius 2 is 1.73 bits per heavy atom. The molecule has 0 aliphatic heterocycles. The zero-order valence-corrected chi connectivity index (χ0v) is 14.2. The molecule has 0 aliphatic rings. The van der Waals surface area contributed by atoms with Crippen molar-refractivity contribution < 1.29 is 22.7 Å². The smallest absolute Gasteiger partial charge is 0.418 e. The van der Waals surface area contributed by atoms with E-state index in [1.54, 1.807) is 11.4 Å². The molecule has 3 aromatic rings. The molecule has 3 rings (SSSR count). The molecule has 0 saturated heterocycles. The van der Waals surface area contributed by atoms with E-state index < -0.39 is 17.6 Å². The molecular formula is C19H14F3NO2S. The molecule has 3 nitrogen and oxygen atoms in total. The van der Waals surface area contributed by atoms with Crippen LogP contribution in [0.15, 0.2) is 66.0 Å². The van der Waals surface area contributed by atoms with Crippen molar-refractivity contribution in [1.29, 1.82) is 0 Å². The highest BCUT2D eigenvalue weighted by Gasteiger charge is 2.33. The van der Waals surface area contributed by atoms with Gasteiger partial charge in [-0.3, -0.25) is 4.79 Å². The lowest BCUT2D eigenvalue weighted by Crippen LogP contribution is -2.15. The van der Waals surface area contributed by atoms with Crippen LogP contribution in [0.2, 0.25) is 0 Å². The van der Waals surface area contributed by atoms with E-state index in [2.05, 4.69) is 5.32 Å². The van der Waals surface area contributed by atoms with Gasteiger partial charge in [0.1, 0.15) is 12.4 Å². The Morgan fingerprint density at radius 3 is 2.46 bits per heavy atom. The minimum atomic E-state index is -4.53. The lowest BCUT2D eigenvalue weighted by atomic mass is 10.1. The number of amides is 1. The molecule has 0 bridgehead atoms. The summed E-state index contributed by atoms with van der Waals surface area (Å²) in [7, 11) is 0. The number of ether oxygens (including phenoxy) is 1. The topological polar surface area (TPSA) is 38.3 Å². The third kappa shape index (κ3) is 4.43. The van der Waals surface area contributed by atoms with Gasteiger partial charge in [0.2, 0.25) is 0 Å². The summed E-state index contributed by atoms with van der Waals surface area (Å²) in [6.45, 7) is 0.271. The van der Waals surface area contributed by atoms with Crippen LogP contribution in [0.3, 0.4) is 0 Å². The van der Waals surface area contributed by atoms with E-state index in [0.717, 1.165) is 23.0 Å². The monoisotopic (exact) mass is 377 g/mol. The first kappa shape index (κ1) is 18.0. The average molecular weight is 377 g/mol. The average Bonchev–Trinajstić information content (AvgIpc) is 3.10. The Morgan fingerprint density at radius 1 is 1.04 bits per heavy atom. The predicted octanol–water partition coefficient (Wildman–Crippen LogP) is 5.60. The highest BCUT2D eigenvalue weighted by molar-refractivity contribution is 7.12. The lowest BCUT2D eigenvalue weighted by molar-refractivity contribution is -0.136. The number of anilines is 1. The van der Waals surface area contributed by atoms with Crippen LogP contribution in [-0.4, -0.2) is 5.91 Å². The Balaban J connectivity index is 1.67. The molecular weight excluding hydrogens is 363 g/mol. The zero-order chi connectivity index (χ0) is 18.6. The normalized spacial score (nSPS) is 11.2. The minimum absolute atomic E-state index is 0.263. The Hall–Kier alpha value is -2.80. The number of carbonyl (C=O) groups excluding carboxylic acids is 1. The van der Waals surface area contributed by atoms with Crippen LogP contribution in [0.25, 0.3) is 0 Å². The van der Waals surface area contributed by atoms with Crippen LogP contribution in [0.5, 0.6) is 5.75 Å². The van der Waals surface area contributed by atoms with E-state index in [-0.39, 0.29) is 12.3 Å². The van der Waals surface area contributed by atoms with Gasteiger partial charge in [-0.1, -0.05) is 30.3 Å². The molecule has 2 aromatic carbocycles. The maximum absolute atomic E-state index is 13.0. The molecule has 7 heteroatoms. The van der Waals surface area contributed by atoms with Crippen molar-refractivity contribution in [3.8, 4) is 5.75 Å². The number of hydrogen-bond acceptors (Lipinski definition) is 3. The van der Waals surface area contributed by atoms with E-state index in [0.29, 0.717) is 10.6 Å². The Kier molecular flexibility index (Phi) is 5.27. The summed E-state index contributed by atoms with van der Waals surface area (Å²) >= 11 is 1.15. The molecule has 1 aromatic heterocycles. The van der Waals surface area contributed by atoms with Crippen molar-refractivity contribution in [1.82, 2.24) is 0 Å². The fraction of sp³-hybridized carbons (Fsp3) is 0.105. The SMILES string of the molecule is O=C(Nc1ccccc1C(F)(F)F)c1cc(COc2ccccc2)cs1. The second-order valence-electron chi connectivity index (χ2n) is 5.42. The number of carbonyl (C=O) groups is 1. The first-order chi connectivity index (χ1) is 12.4. The number of nitrogens with one attached hydrogen (secondary N) is 1. The van der Waals surface area contributed by atoms with Crippen LogP contribution in [0.4, 0.5) is 18.9 Å². The van der Waals surface area contributed by atoms with E-state index in [1.165, 1.54) is 18.2 Å². The molecule has 1 heterocycles. The summed E-state index contributed by atoms with van der Waals surface area (Å²) in [5.41, 5.74) is -0.369. The van der Waals surface area contributed by atoms with Crippen molar-refractivity contribution in [2.24, 2.45) is 0 Å². The van der Waals surface area contributed by atoms with Gasteiger partial charge in [0.05, 0.1) is 16.1 Å². The molecule has 0 atom stereocenters.